The number of carbonyl (C=O) groups excluding carboxylic acids is 2. The van der Waals surface area contributed by atoms with Crippen molar-refractivity contribution in [3.05, 3.63) is 0 Å². The Bertz CT molecular complexity index is 1190. The summed E-state index contributed by atoms with van der Waals surface area (Å²) in [5.74, 6) is -5.88. The molecule has 304 valence electrons. The summed E-state index contributed by atoms with van der Waals surface area (Å²) >= 11 is 0. The molecule has 0 aromatic rings. The second-order valence-electron chi connectivity index (χ2n) is 16.5. The van der Waals surface area contributed by atoms with Crippen LogP contribution in [-0.2, 0) is 38.0 Å². The van der Waals surface area contributed by atoms with E-state index >= 15 is 0 Å². The van der Waals surface area contributed by atoms with E-state index in [1.807, 2.05) is 25.9 Å². The molecule has 0 aliphatic carbocycles. The number of likely N-dealkylation sites (N-methyl/N-ethyl adjacent to an activating group) is 1. The highest BCUT2D eigenvalue weighted by Crippen LogP contribution is 2.40. The summed E-state index contributed by atoms with van der Waals surface area (Å²) in [7, 11) is 5.10. The Morgan fingerprint density at radius 1 is 0.923 bits per heavy atom. The third-order valence-corrected chi connectivity index (χ3v) is 11.9. The van der Waals surface area contributed by atoms with Crippen LogP contribution in [0.25, 0.3) is 0 Å². The molecule has 3 fully saturated rings. The second kappa shape index (κ2) is 17.6. The van der Waals surface area contributed by atoms with E-state index < -0.39 is 114 Å². The maximum atomic E-state index is 14.1. The molecular weight excluding hydrogens is 682 g/mol. The molecule has 6 N–H and O–H groups in total. The SMILES string of the molecule is CC[C@H]1OC(=O)[C@@H](CO)[C@@H](O[C@H]2C[C@@](C)(OC)[C@@H](O)[C@H](C)O2)[C@H](C)[C@@H](O[C@@H]2O[C@H](C)C[C@H](N(C)C)[C@H]2O)[C@](C)(O)C[C@@H](C)C(=O)[C@H](C)[C@@H](O)[C@]1(C)O. The number of Topliss-reactive ketones (excluding diaryl/α,β-unsaturated/α-hetero) is 1. The fraction of sp³-hybridized carbons (Fsp3) is 0.946. The van der Waals surface area contributed by atoms with Crippen molar-refractivity contribution in [3.8, 4) is 0 Å². The van der Waals surface area contributed by atoms with E-state index in [2.05, 4.69) is 0 Å². The Morgan fingerprint density at radius 3 is 2.08 bits per heavy atom. The fourth-order valence-electron chi connectivity index (χ4n) is 8.46. The van der Waals surface area contributed by atoms with Crippen LogP contribution in [0.2, 0.25) is 0 Å². The molecule has 0 spiro atoms. The number of aliphatic hydroxyl groups excluding tert-OH is 4. The number of ketones is 1. The van der Waals surface area contributed by atoms with Gasteiger partial charge in [-0.3, -0.25) is 9.59 Å². The molecule has 3 saturated heterocycles. The number of cyclic esters (lactones) is 1. The summed E-state index contributed by atoms with van der Waals surface area (Å²) in [6, 6.07) is -0.364. The van der Waals surface area contributed by atoms with Crippen LogP contribution in [0, 0.1) is 23.7 Å². The monoisotopic (exact) mass is 749 g/mol. The number of hydrogen-bond acceptors (Lipinski definition) is 15. The van der Waals surface area contributed by atoms with E-state index in [0.717, 1.165) is 0 Å². The average molecular weight is 750 g/mol. The van der Waals surface area contributed by atoms with Gasteiger partial charge < -0.3 is 64.0 Å². The molecule has 0 aromatic heterocycles. The van der Waals surface area contributed by atoms with Crippen LogP contribution in [0.3, 0.4) is 0 Å². The number of nitrogens with zero attached hydrogens (tertiary/aromatic N) is 1. The number of hydrogen-bond donors (Lipinski definition) is 6. The largest absolute Gasteiger partial charge is 0.459 e. The lowest BCUT2D eigenvalue weighted by Crippen LogP contribution is -2.61. The van der Waals surface area contributed by atoms with Crippen molar-refractivity contribution in [1.29, 1.82) is 0 Å². The second-order valence-corrected chi connectivity index (χ2v) is 16.5. The first-order valence-corrected chi connectivity index (χ1v) is 18.6. The molecule has 15 heteroatoms. The van der Waals surface area contributed by atoms with Gasteiger partial charge in [-0.05, 0) is 68.0 Å². The maximum Gasteiger partial charge on any atom is 0.314 e. The normalized spacial score (nSPS) is 49.0. The molecule has 0 unspecified atom stereocenters. The highest BCUT2D eigenvalue weighted by molar-refractivity contribution is 5.83. The van der Waals surface area contributed by atoms with Crippen molar-refractivity contribution in [2.75, 3.05) is 27.8 Å². The van der Waals surface area contributed by atoms with E-state index in [1.165, 1.54) is 27.9 Å². The third kappa shape index (κ3) is 9.54. The van der Waals surface area contributed by atoms with Gasteiger partial charge >= 0.3 is 5.97 Å². The van der Waals surface area contributed by atoms with Gasteiger partial charge in [-0.15, -0.1) is 0 Å². The first-order valence-electron chi connectivity index (χ1n) is 18.6. The zero-order valence-electron chi connectivity index (χ0n) is 33.1. The number of esters is 1. The number of aliphatic hydroxyl groups is 6. The zero-order chi connectivity index (χ0) is 39.7. The number of rotatable bonds is 8. The Kier molecular flexibility index (Phi) is 15.3. The van der Waals surface area contributed by atoms with E-state index in [-0.39, 0.29) is 31.4 Å². The van der Waals surface area contributed by atoms with Crippen LogP contribution in [0.5, 0.6) is 0 Å². The summed E-state index contributed by atoms with van der Waals surface area (Å²) in [5.41, 5.74) is -5.07. The van der Waals surface area contributed by atoms with Crippen molar-refractivity contribution in [2.45, 2.75) is 172 Å². The number of ether oxygens (including phenoxy) is 6. The Labute approximate surface area is 308 Å². The minimum atomic E-state index is -2.08. The molecule has 3 aliphatic rings. The third-order valence-electron chi connectivity index (χ3n) is 11.9. The van der Waals surface area contributed by atoms with Crippen LogP contribution < -0.4 is 0 Å². The van der Waals surface area contributed by atoms with E-state index in [0.29, 0.717) is 6.42 Å². The van der Waals surface area contributed by atoms with Gasteiger partial charge in [0.25, 0.3) is 0 Å². The number of carbonyl (C=O) groups is 2. The molecular formula is C37H67NO14. The Morgan fingerprint density at radius 2 is 1.54 bits per heavy atom. The predicted octanol–water partition coefficient (Wildman–Crippen LogP) is 0.758. The van der Waals surface area contributed by atoms with E-state index in [1.54, 1.807) is 34.6 Å². The van der Waals surface area contributed by atoms with Crippen molar-refractivity contribution in [1.82, 2.24) is 4.90 Å². The van der Waals surface area contributed by atoms with Gasteiger partial charge in [-0.1, -0.05) is 27.7 Å². The molecule has 0 radical (unpaired) electrons. The first kappa shape index (κ1) is 45.1. The standard InChI is InChI=1S/C37H67NO14/c1-13-25-37(9,46)30(42)20(4)27(40)18(2)15-35(7,45)32(52-34-28(41)24(38(10)11)14-19(3)48-34)21(5)29(23(17-39)33(44)50-25)51-26-16-36(8,47-12)31(43)22(6)49-26/h18-26,28-32,34,39,41-43,45-46H,13-17H2,1-12H3/t18-,19-,20+,21+,22+,23+,24+,25-,26+,28-,29+,30-,31+,32-,34+,35-,36-,37-/m1/s1. The summed E-state index contributed by atoms with van der Waals surface area (Å²) in [6.45, 7) is 13.5. The first-order chi connectivity index (χ1) is 24.0. The van der Waals surface area contributed by atoms with Gasteiger partial charge in [0.2, 0.25) is 0 Å². The Hall–Kier alpha value is -1.34. The van der Waals surface area contributed by atoms with Crippen molar-refractivity contribution in [3.63, 3.8) is 0 Å². The van der Waals surface area contributed by atoms with Gasteiger partial charge in [0.15, 0.2) is 12.6 Å². The molecule has 3 rings (SSSR count). The fourth-order valence-corrected chi connectivity index (χ4v) is 8.46. The zero-order valence-corrected chi connectivity index (χ0v) is 33.1. The van der Waals surface area contributed by atoms with Crippen molar-refractivity contribution >= 4 is 11.8 Å². The molecule has 3 heterocycles. The van der Waals surface area contributed by atoms with Crippen LogP contribution in [0.1, 0.15) is 88.0 Å². The Balaban J connectivity index is 2.22. The maximum absolute atomic E-state index is 14.1. The predicted molar refractivity (Wildman–Crippen MR) is 188 cm³/mol. The van der Waals surface area contributed by atoms with Crippen molar-refractivity contribution < 1.29 is 68.6 Å². The highest BCUT2D eigenvalue weighted by atomic mass is 16.7. The molecule has 15 nitrogen and oxygen atoms in total. The van der Waals surface area contributed by atoms with E-state index in [4.69, 9.17) is 28.4 Å². The molecule has 0 saturated carbocycles. The molecule has 0 bridgehead atoms. The summed E-state index contributed by atoms with van der Waals surface area (Å²) in [5, 5.41) is 68.5. The van der Waals surface area contributed by atoms with Gasteiger partial charge in [0.1, 0.15) is 35.6 Å². The van der Waals surface area contributed by atoms with Crippen LogP contribution >= 0.6 is 0 Å². The molecule has 18 atom stereocenters. The van der Waals surface area contributed by atoms with Gasteiger partial charge in [0, 0.05) is 37.3 Å². The lowest BCUT2D eigenvalue weighted by atomic mass is 9.74. The van der Waals surface area contributed by atoms with Crippen LogP contribution in [-0.4, -0.2) is 159 Å². The van der Waals surface area contributed by atoms with Crippen LogP contribution in [0.4, 0.5) is 0 Å². The summed E-state index contributed by atoms with van der Waals surface area (Å²) in [4.78, 5) is 29.8. The van der Waals surface area contributed by atoms with E-state index in [9.17, 15) is 40.2 Å². The number of methoxy groups -OCH3 is 1. The molecule has 0 amide bonds. The smallest absolute Gasteiger partial charge is 0.314 e. The molecule has 0 aromatic carbocycles. The van der Waals surface area contributed by atoms with Crippen molar-refractivity contribution in [2.24, 2.45) is 23.7 Å². The lowest BCUT2D eigenvalue weighted by Gasteiger charge is -2.49. The highest BCUT2D eigenvalue weighted by Gasteiger charge is 2.54. The van der Waals surface area contributed by atoms with Gasteiger partial charge in [-0.25, -0.2) is 0 Å². The topological polar surface area (TPSA) is 214 Å². The minimum Gasteiger partial charge on any atom is -0.459 e. The lowest BCUT2D eigenvalue weighted by molar-refractivity contribution is -0.319. The quantitative estimate of drug-likeness (QED) is 0.189. The summed E-state index contributed by atoms with van der Waals surface area (Å²) < 4.78 is 36.8. The van der Waals surface area contributed by atoms with Crippen LogP contribution in [0.15, 0.2) is 0 Å². The average Bonchev–Trinajstić information content (AvgIpc) is 3.07. The summed E-state index contributed by atoms with van der Waals surface area (Å²) in [6.07, 6.45) is -10.8. The van der Waals surface area contributed by atoms with Gasteiger partial charge in [-0.2, -0.15) is 0 Å². The molecule has 3 aliphatic heterocycles. The minimum absolute atomic E-state index is 0.0156. The van der Waals surface area contributed by atoms with Gasteiger partial charge in [0.05, 0.1) is 48.3 Å². The molecule has 52 heavy (non-hydrogen) atoms.